The average Bonchev–Trinajstić information content (AvgIpc) is 3.80. The third kappa shape index (κ3) is 5.36. The predicted octanol–water partition coefficient (Wildman–Crippen LogP) is 12.3. The number of halogens is 6. The average molecular weight is 831 g/mol. The number of rotatable bonds is 4. The third-order valence-corrected chi connectivity index (χ3v) is 13.5. The van der Waals surface area contributed by atoms with Gasteiger partial charge in [-0.1, -0.05) is 78.1 Å². The summed E-state index contributed by atoms with van der Waals surface area (Å²) in [4.78, 5) is 3.91. The van der Waals surface area contributed by atoms with E-state index < -0.39 is 23.5 Å². The molecule has 4 heterocycles. The monoisotopic (exact) mass is 830 g/mol. The van der Waals surface area contributed by atoms with E-state index in [0.29, 0.717) is 55.3 Å². The highest BCUT2D eigenvalue weighted by Crippen LogP contribution is 2.48. The minimum atomic E-state index is -4.59. The first-order chi connectivity index (χ1) is 28.4. The van der Waals surface area contributed by atoms with Gasteiger partial charge in [-0.3, -0.25) is 0 Å². The Morgan fingerprint density at radius 1 is 0.492 bits per heavy atom. The van der Waals surface area contributed by atoms with E-state index in [2.05, 4.69) is 24.3 Å². The zero-order chi connectivity index (χ0) is 40.5. The van der Waals surface area contributed by atoms with Crippen molar-refractivity contribution in [3.63, 3.8) is 0 Å². The van der Waals surface area contributed by atoms with Crippen molar-refractivity contribution in [3.8, 4) is 33.8 Å². The molecular formula is C46H25BF6O4S2. The SMILES string of the molecule is COc1cc(-c2cccc3oc4c(C(F)(F)F)cccc4c23)cc2c1B1c3c(OC)cc(-c4cccc5oc6c(C(F)(F)F)cccc6c45)cc3Sc3cccc(c31)S2. The van der Waals surface area contributed by atoms with Gasteiger partial charge in [-0.15, -0.1) is 0 Å². The highest BCUT2D eigenvalue weighted by atomic mass is 32.2. The predicted molar refractivity (Wildman–Crippen MR) is 221 cm³/mol. The van der Waals surface area contributed by atoms with Crippen molar-refractivity contribution in [1.82, 2.24) is 0 Å². The summed E-state index contributed by atoms with van der Waals surface area (Å²) in [6.45, 7) is -0.332. The van der Waals surface area contributed by atoms with Crippen LogP contribution >= 0.6 is 23.5 Å². The summed E-state index contributed by atoms with van der Waals surface area (Å²) < 4.78 is 109. The lowest BCUT2D eigenvalue weighted by molar-refractivity contribution is -0.137. The maximum absolute atomic E-state index is 14.1. The van der Waals surface area contributed by atoms with Crippen LogP contribution in [0.1, 0.15) is 11.1 Å². The lowest BCUT2D eigenvalue weighted by Crippen LogP contribution is -2.58. The minimum Gasteiger partial charge on any atom is -0.497 e. The van der Waals surface area contributed by atoms with Gasteiger partial charge in [-0.2, -0.15) is 26.3 Å². The van der Waals surface area contributed by atoms with E-state index in [1.807, 2.05) is 30.3 Å². The molecule has 0 unspecified atom stereocenters. The molecular weight excluding hydrogens is 805 g/mol. The van der Waals surface area contributed by atoms with Gasteiger partial charge in [-0.25, -0.2) is 0 Å². The number of benzene rings is 7. The number of hydrogen-bond acceptors (Lipinski definition) is 6. The summed E-state index contributed by atoms with van der Waals surface area (Å²) in [5.41, 5.74) is 4.42. The normalized spacial score (nSPS) is 13.6. The Balaban J connectivity index is 1.11. The highest BCUT2D eigenvalue weighted by Gasteiger charge is 2.43. The van der Waals surface area contributed by atoms with Gasteiger partial charge in [0.1, 0.15) is 33.8 Å². The summed E-state index contributed by atoms with van der Waals surface area (Å²) in [7, 11) is 3.21. The smallest absolute Gasteiger partial charge is 0.420 e. The van der Waals surface area contributed by atoms with Crippen LogP contribution in [0.2, 0.25) is 0 Å². The number of para-hydroxylation sites is 2. The first-order valence-electron chi connectivity index (χ1n) is 18.4. The minimum absolute atomic E-state index is 0.214. The van der Waals surface area contributed by atoms with Crippen LogP contribution in [0.25, 0.3) is 66.1 Å². The quantitative estimate of drug-likeness (QED) is 0.130. The summed E-state index contributed by atoms with van der Waals surface area (Å²) in [5.74, 6) is 1.19. The van der Waals surface area contributed by atoms with E-state index in [9.17, 15) is 26.3 Å². The van der Waals surface area contributed by atoms with Crippen LogP contribution in [0.3, 0.4) is 0 Å². The molecule has 0 atom stereocenters. The second-order valence-electron chi connectivity index (χ2n) is 14.4. The molecule has 0 bridgehead atoms. The zero-order valence-corrected chi connectivity index (χ0v) is 32.4. The molecule has 290 valence electrons. The van der Waals surface area contributed by atoms with Crippen molar-refractivity contribution >= 4 is 90.5 Å². The molecule has 0 saturated heterocycles. The Morgan fingerprint density at radius 3 is 1.34 bits per heavy atom. The molecule has 4 nitrogen and oxygen atoms in total. The van der Waals surface area contributed by atoms with Crippen molar-refractivity contribution < 1.29 is 44.7 Å². The highest BCUT2D eigenvalue weighted by molar-refractivity contribution is 8.01. The van der Waals surface area contributed by atoms with Crippen molar-refractivity contribution in [2.75, 3.05) is 14.2 Å². The molecule has 2 aliphatic heterocycles. The van der Waals surface area contributed by atoms with Crippen molar-refractivity contribution in [1.29, 1.82) is 0 Å². The summed E-state index contributed by atoms with van der Waals surface area (Å²) in [5, 5.41) is 1.87. The molecule has 0 saturated carbocycles. The fourth-order valence-electron chi connectivity index (χ4n) is 8.87. The van der Waals surface area contributed by atoms with Gasteiger partial charge in [0.2, 0.25) is 0 Å². The van der Waals surface area contributed by atoms with E-state index in [4.69, 9.17) is 18.3 Å². The largest absolute Gasteiger partial charge is 0.497 e. The van der Waals surface area contributed by atoms with Crippen LogP contribution < -0.4 is 25.9 Å². The number of furan rings is 2. The Kier molecular flexibility index (Phi) is 7.85. The lowest BCUT2D eigenvalue weighted by Gasteiger charge is -2.35. The van der Waals surface area contributed by atoms with Crippen LogP contribution in [-0.2, 0) is 12.4 Å². The van der Waals surface area contributed by atoms with Crippen molar-refractivity contribution in [2.45, 2.75) is 31.9 Å². The molecule has 2 aromatic heterocycles. The number of ether oxygens (including phenoxy) is 2. The molecule has 0 radical (unpaired) electrons. The fourth-order valence-corrected chi connectivity index (χ4v) is 11.4. The maximum Gasteiger partial charge on any atom is 0.420 e. The fraction of sp³-hybridized carbons (Fsp3) is 0.0870. The van der Waals surface area contributed by atoms with Gasteiger partial charge >= 0.3 is 12.4 Å². The first kappa shape index (κ1) is 36.2. The Bertz CT molecular complexity index is 3050. The standard InChI is InChI=1S/C46H25BF6O4S2/c1-54-32-18-22(24-8-5-14-30-38(24)26-10-3-12-28(43(26)56-30)45(48,49)50)20-36-40(32)47-41-33(55-2)19-23(21-37(41)59-35-17-7-16-34(58-36)42(35)47)25-9-6-15-31-39(25)27-11-4-13-29(44(27)57-31)46(51,52)53/h3-21H,1-2H3. The van der Waals surface area contributed by atoms with Gasteiger partial charge < -0.3 is 18.3 Å². The van der Waals surface area contributed by atoms with E-state index in [1.54, 1.807) is 74.1 Å². The summed E-state index contributed by atoms with van der Waals surface area (Å²) in [6, 6.07) is 32.9. The molecule has 7 aromatic carbocycles. The van der Waals surface area contributed by atoms with Crippen LogP contribution in [-0.4, -0.2) is 20.9 Å². The molecule has 2 aliphatic rings. The molecule has 13 heteroatoms. The summed E-state index contributed by atoms with van der Waals surface area (Å²) >= 11 is 3.21. The Morgan fingerprint density at radius 2 is 0.915 bits per heavy atom. The number of methoxy groups -OCH3 is 2. The lowest BCUT2D eigenvalue weighted by atomic mass is 9.36. The summed E-state index contributed by atoms with van der Waals surface area (Å²) in [6.07, 6.45) is -9.19. The molecule has 0 aliphatic carbocycles. The van der Waals surface area contributed by atoms with Gasteiger partial charge in [0.05, 0.1) is 25.3 Å². The van der Waals surface area contributed by atoms with Gasteiger partial charge in [0.15, 0.2) is 0 Å². The maximum atomic E-state index is 14.1. The molecule has 0 amide bonds. The number of hydrogen-bond donors (Lipinski definition) is 0. The first-order valence-corrected chi connectivity index (χ1v) is 20.0. The zero-order valence-electron chi connectivity index (χ0n) is 30.8. The van der Waals surface area contributed by atoms with Crippen molar-refractivity contribution in [3.05, 3.63) is 126 Å². The number of alkyl halides is 6. The topological polar surface area (TPSA) is 44.7 Å². The van der Waals surface area contributed by atoms with Crippen LogP contribution in [0.4, 0.5) is 26.3 Å². The van der Waals surface area contributed by atoms with E-state index in [0.717, 1.165) is 59.2 Å². The van der Waals surface area contributed by atoms with E-state index >= 15 is 0 Å². The molecule has 59 heavy (non-hydrogen) atoms. The molecule has 11 rings (SSSR count). The van der Waals surface area contributed by atoms with Crippen LogP contribution in [0.15, 0.2) is 144 Å². The van der Waals surface area contributed by atoms with Crippen molar-refractivity contribution in [2.24, 2.45) is 0 Å². The van der Waals surface area contributed by atoms with E-state index in [-0.39, 0.29) is 17.9 Å². The van der Waals surface area contributed by atoms with Crippen LogP contribution in [0, 0.1) is 0 Å². The number of fused-ring (bicyclic) bond motifs is 10. The molecule has 0 spiro atoms. The van der Waals surface area contributed by atoms with Gasteiger partial charge in [0.25, 0.3) is 6.71 Å². The van der Waals surface area contributed by atoms with E-state index in [1.165, 1.54) is 12.1 Å². The third-order valence-electron chi connectivity index (χ3n) is 11.3. The second-order valence-corrected chi connectivity index (χ2v) is 16.6. The van der Waals surface area contributed by atoms with Gasteiger partial charge in [-0.05, 0) is 99.3 Å². The molecule has 0 N–H and O–H groups in total. The molecule has 9 aromatic rings. The Labute approximate surface area is 340 Å². The second kappa shape index (κ2) is 12.8. The Hall–Kier alpha value is -5.92. The molecule has 0 fully saturated rings. The van der Waals surface area contributed by atoms with Gasteiger partial charge in [0, 0.05) is 41.1 Å². The van der Waals surface area contributed by atoms with Crippen LogP contribution in [0.5, 0.6) is 11.5 Å².